The summed E-state index contributed by atoms with van der Waals surface area (Å²) < 4.78 is 170. The Labute approximate surface area is 682 Å². The number of aliphatic carboxylic acids is 2. The molecule has 0 radical (unpaired) electrons. The summed E-state index contributed by atoms with van der Waals surface area (Å²) in [6.45, 7) is 28.9. The number of benzene rings is 3. The Morgan fingerprint density at radius 1 is 0.392 bits per heavy atom. The summed E-state index contributed by atoms with van der Waals surface area (Å²) in [5.74, 6) is -5.62. The highest BCUT2D eigenvalue weighted by Crippen LogP contribution is 2.41. The molecule has 0 unspecified atom stereocenters. The number of hydrogen-bond donors (Lipinski definition) is 8. The van der Waals surface area contributed by atoms with Crippen LogP contribution in [-0.2, 0) is 51.8 Å². The molecule has 0 saturated carbocycles. The molecule has 0 bridgehead atoms. The molecule has 0 saturated heterocycles. The number of aromatic carboxylic acids is 2. The molecule has 0 aliphatic heterocycles. The van der Waals surface area contributed by atoms with E-state index in [1.165, 1.54) is 69.9 Å². The number of aromatic nitrogens is 5. The molecular formula is C79H98F9N9O23. The first-order valence-corrected chi connectivity index (χ1v) is 36.1. The van der Waals surface area contributed by atoms with E-state index in [1.807, 2.05) is 0 Å². The number of fused-ring (bicyclic) bond motifs is 3. The van der Waals surface area contributed by atoms with Gasteiger partial charge in [-0.1, -0.05) is 35.1 Å². The summed E-state index contributed by atoms with van der Waals surface area (Å²) in [7, 11) is 3.88. The van der Waals surface area contributed by atoms with Crippen LogP contribution >= 0.6 is 0 Å². The number of rotatable bonds is 21. The minimum absolute atomic E-state index is 0. The molecule has 8 aromatic rings. The van der Waals surface area contributed by atoms with Gasteiger partial charge >= 0.3 is 72.7 Å². The van der Waals surface area contributed by atoms with E-state index in [2.05, 4.69) is 46.2 Å². The van der Waals surface area contributed by atoms with Crippen LogP contribution in [0.25, 0.3) is 55.6 Å². The van der Waals surface area contributed by atoms with Gasteiger partial charge in [0.1, 0.15) is 85.4 Å². The third-order valence-corrected chi connectivity index (χ3v) is 15.3. The van der Waals surface area contributed by atoms with Gasteiger partial charge in [-0.05, 0) is 188 Å². The molecular weight excluding hydrogens is 1610 g/mol. The van der Waals surface area contributed by atoms with Gasteiger partial charge < -0.3 is 88.4 Å². The maximum absolute atomic E-state index is 13.3. The maximum Gasteiger partial charge on any atom is 0.433 e. The normalized spacial score (nSPS) is 12.6. The molecule has 4 atom stereocenters. The number of alkyl carbamates (subject to hydrolysis) is 4. The number of nitrogens with one attached hydrogen (secondary N) is 4. The Bertz CT molecular complexity index is 4880. The van der Waals surface area contributed by atoms with Crippen LogP contribution in [0.5, 0.6) is 17.2 Å². The van der Waals surface area contributed by atoms with E-state index in [-0.39, 0.29) is 116 Å². The van der Waals surface area contributed by atoms with Gasteiger partial charge in [0.25, 0.3) is 0 Å². The van der Waals surface area contributed by atoms with E-state index in [0.717, 1.165) is 24.3 Å². The minimum Gasteiger partial charge on any atom is -0.494 e. The van der Waals surface area contributed by atoms with Crippen molar-refractivity contribution in [3.05, 3.63) is 118 Å². The number of ether oxygens (including phenoxy) is 8. The Morgan fingerprint density at radius 2 is 0.692 bits per heavy atom. The zero-order chi connectivity index (χ0) is 90.6. The molecule has 660 valence electrons. The number of carboxylic acids is 4. The van der Waals surface area contributed by atoms with Crippen molar-refractivity contribution in [2.45, 2.75) is 216 Å². The second-order valence-corrected chi connectivity index (χ2v) is 29.1. The molecule has 0 aliphatic rings. The van der Waals surface area contributed by atoms with E-state index in [4.69, 9.17) is 62.0 Å². The summed E-state index contributed by atoms with van der Waals surface area (Å²) in [5.41, 5.74) is -6.66. The molecule has 8 rings (SSSR count). The average molecular weight is 1710 g/mol. The highest BCUT2D eigenvalue weighted by Gasteiger charge is 2.38. The van der Waals surface area contributed by atoms with Gasteiger partial charge in [0.05, 0.1) is 45.6 Å². The van der Waals surface area contributed by atoms with Crippen molar-refractivity contribution in [3.63, 3.8) is 0 Å². The molecule has 120 heavy (non-hydrogen) atoms. The van der Waals surface area contributed by atoms with E-state index >= 15 is 0 Å². The topological polar surface area (TPSA) is 447 Å². The standard InChI is InChI=1S/C25H28F3N3O6.C23H24F3N3O6.C12H8F3NO3.2C9H17NO4.CH4/c1-7-15(29-23(33)37-24(3,4)5)20-19(22(32)35-8-2)31-21(36-20)14-9-11-16(34-6)18-13(14)10-12-17(30-18)25(26,27)28;1-6-13(27-21(32)35-22(2,3)4)18-17(20(30)31)29-19(34-18)12-7-9-14(33-5)16-11(12)8-10-15(28-16)23(24,25)26;1-19-8-4-2-7(11(17)18)6-3-5-9(12(13,14)15)16-10(6)8;2*1-5-6(7(11)12)10-8(13)14-9(2,3)4;/h9-12,15H,7-8H2,1-6H3,(H,29,33);7-10,13H,6H2,1-5H3,(H,27,32)(H,30,31);2-5H,1H3,(H,17,18);2*6H,5H2,1-4H3,(H,10,13)(H,11,12);1H4/t15-;13-;;2*6-;/m00.00./s1. The van der Waals surface area contributed by atoms with Crippen molar-refractivity contribution in [1.82, 2.24) is 46.2 Å². The van der Waals surface area contributed by atoms with Gasteiger partial charge in [0.2, 0.25) is 11.8 Å². The van der Waals surface area contributed by atoms with Crippen LogP contribution in [0.4, 0.5) is 58.7 Å². The van der Waals surface area contributed by atoms with E-state index in [9.17, 15) is 87.8 Å². The second-order valence-electron chi connectivity index (χ2n) is 29.1. The van der Waals surface area contributed by atoms with Gasteiger partial charge in [0, 0.05) is 27.3 Å². The first-order chi connectivity index (χ1) is 54.9. The van der Waals surface area contributed by atoms with Crippen molar-refractivity contribution in [1.29, 1.82) is 0 Å². The predicted molar refractivity (Wildman–Crippen MR) is 414 cm³/mol. The van der Waals surface area contributed by atoms with Gasteiger partial charge in [-0.15, -0.1) is 0 Å². The number of halogens is 9. The number of pyridine rings is 3. The van der Waals surface area contributed by atoms with E-state index in [0.29, 0.717) is 19.3 Å². The number of carbonyl (C=O) groups is 9. The maximum atomic E-state index is 13.3. The predicted octanol–water partition coefficient (Wildman–Crippen LogP) is 18.0. The Hall–Kier alpha value is -12.5. The number of amides is 4. The lowest BCUT2D eigenvalue weighted by atomic mass is 10.1. The Balaban J connectivity index is 0.000000411. The third kappa shape index (κ3) is 29.8. The lowest BCUT2D eigenvalue weighted by Crippen LogP contribution is -2.43. The Kier molecular flexibility index (Phi) is 35.8. The van der Waals surface area contributed by atoms with Crippen molar-refractivity contribution in [2.24, 2.45) is 0 Å². The summed E-state index contributed by atoms with van der Waals surface area (Å²) in [6.07, 6.45) is -15.6. The quantitative estimate of drug-likeness (QED) is 0.0188. The van der Waals surface area contributed by atoms with Crippen LogP contribution in [0, 0.1) is 0 Å². The van der Waals surface area contributed by atoms with Crippen LogP contribution < -0.4 is 35.5 Å². The second kappa shape index (κ2) is 42.3. The van der Waals surface area contributed by atoms with Crippen molar-refractivity contribution in [2.75, 3.05) is 27.9 Å². The number of alkyl halides is 9. The van der Waals surface area contributed by atoms with Gasteiger partial charge in [-0.2, -0.15) is 39.5 Å². The van der Waals surface area contributed by atoms with Gasteiger partial charge in [-0.3, -0.25) is 0 Å². The van der Waals surface area contributed by atoms with Gasteiger partial charge in [-0.25, -0.2) is 68.1 Å². The lowest BCUT2D eigenvalue weighted by molar-refractivity contribution is -0.141. The Morgan fingerprint density at radius 3 is 0.967 bits per heavy atom. The molecule has 0 spiro atoms. The summed E-state index contributed by atoms with van der Waals surface area (Å²) in [5, 5.41) is 46.3. The molecule has 4 amide bonds. The summed E-state index contributed by atoms with van der Waals surface area (Å²) >= 11 is 0. The van der Waals surface area contributed by atoms with Crippen molar-refractivity contribution < 1.29 is 150 Å². The molecule has 0 fully saturated rings. The van der Waals surface area contributed by atoms with Crippen LogP contribution in [-0.4, -0.2) is 162 Å². The molecule has 0 aliphatic carbocycles. The van der Waals surface area contributed by atoms with Gasteiger partial charge in [0.15, 0.2) is 22.9 Å². The van der Waals surface area contributed by atoms with Crippen LogP contribution in [0.2, 0.25) is 0 Å². The third-order valence-electron chi connectivity index (χ3n) is 15.3. The monoisotopic (exact) mass is 1710 g/mol. The van der Waals surface area contributed by atoms with Crippen molar-refractivity contribution in [3.8, 4) is 40.2 Å². The largest absolute Gasteiger partial charge is 0.494 e. The van der Waals surface area contributed by atoms with Crippen LogP contribution in [0.3, 0.4) is 0 Å². The fraction of sp³-hybridized carbons (Fsp3) is 0.468. The summed E-state index contributed by atoms with van der Waals surface area (Å²) in [4.78, 5) is 123. The fourth-order valence-corrected chi connectivity index (χ4v) is 10.2. The number of carbonyl (C=O) groups excluding carboxylic acids is 5. The highest BCUT2D eigenvalue weighted by molar-refractivity contribution is 6.04. The number of esters is 1. The molecule has 8 N–H and O–H groups in total. The first kappa shape index (κ1) is 102. The number of hydrogen-bond acceptors (Lipinski definition) is 24. The molecule has 5 aromatic heterocycles. The summed E-state index contributed by atoms with van der Waals surface area (Å²) in [6, 6.07) is 10.7. The fourth-order valence-electron chi connectivity index (χ4n) is 10.2. The molecule has 32 nitrogen and oxygen atoms in total. The number of oxazole rings is 2. The SMILES string of the molecule is C.CCOC(=O)c1nc(-c2ccc(OC)c3nc(C(F)(F)F)ccc23)oc1[C@H](CC)NC(=O)OC(C)(C)C.CC[C@H](NC(=O)OC(C)(C)C)C(=O)O.CC[C@H](NC(=O)OC(C)(C)C)C(=O)O.CC[C@H](NC(=O)OC(C)(C)C)c1oc(-c2ccc(OC)c3nc(C(F)(F)F)ccc23)nc1C(=O)O.COc1ccc(C(=O)O)c2ccc(C(F)(F)F)nc12. The molecule has 41 heteroatoms. The molecule has 3 aromatic carbocycles. The smallest absolute Gasteiger partial charge is 0.433 e. The highest BCUT2D eigenvalue weighted by atomic mass is 19.4. The first-order valence-electron chi connectivity index (χ1n) is 36.1. The number of methoxy groups -OCH3 is 3. The molecule has 5 heterocycles. The lowest BCUT2D eigenvalue weighted by Gasteiger charge is -2.22. The van der Waals surface area contributed by atoms with E-state index < -0.39 is 142 Å². The van der Waals surface area contributed by atoms with Crippen LogP contribution in [0.15, 0.2) is 81.6 Å². The van der Waals surface area contributed by atoms with Crippen LogP contribution in [0.1, 0.15) is 223 Å². The zero-order valence-corrected chi connectivity index (χ0v) is 68.5. The van der Waals surface area contributed by atoms with E-state index in [1.54, 1.807) is 118 Å². The number of carboxylic acid groups (broad SMARTS) is 4. The number of nitrogens with zero attached hydrogens (tertiary/aromatic N) is 5. The minimum atomic E-state index is -4.68. The zero-order valence-electron chi connectivity index (χ0n) is 68.5. The average Bonchev–Trinajstić information content (AvgIpc) is 1.56. The van der Waals surface area contributed by atoms with Crippen molar-refractivity contribution >= 4 is 86.9 Å².